The van der Waals surface area contributed by atoms with Crippen LogP contribution in [-0.2, 0) is 11.2 Å². The second-order valence-corrected chi connectivity index (χ2v) is 6.50. The number of aromatic nitrogens is 2. The fourth-order valence-corrected chi connectivity index (χ4v) is 3.16. The van der Waals surface area contributed by atoms with Gasteiger partial charge >= 0.3 is 0 Å². The lowest BCUT2D eigenvalue weighted by Gasteiger charge is -2.36. The molecular formula is C18H24FN3O2. The topological polar surface area (TPSA) is 61.4 Å². The molecule has 6 heteroatoms. The molecule has 24 heavy (non-hydrogen) atoms. The van der Waals surface area contributed by atoms with E-state index in [4.69, 9.17) is 4.74 Å². The predicted octanol–water partition coefficient (Wildman–Crippen LogP) is 2.28. The number of β-amino-alcohol motifs (C(OH)–C–C–N with tert-alkyl or cyclic N) is 1. The molecular weight excluding hydrogens is 309 g/mol. The first kappa shape index (κ1) is 17.1. The van der Waals surface area contributed by atoms with Gasteiger partial charge in [0.2, 0.25) is 0 Å². The molecule has 1 aromatic heterocycles. The van der Waals surface area contributed by atoms with E-state index in [0.717, 1.165) is 29.9 Å². The lowest BCUT2D eigenvalue weighted by atomic mass is 9.95. The van der Waals surface area contributed by atoms with Crippen molar-refractivity contribution in [2.24, 2.45) is 0 Å². The Kier molecular flexibility index (Phi) is 5.28. The summed E-state index contributed by atoms with van der Waals surface area (Å²) in [7, 11) is 0. The zero-order chi connectivity index (χ0) is 17.1. The van der Waals surface area contributed by atoms with Crippen LogP contribution < -0.4 is 0 Å². The molecule has 0 unspecified atom stereocenters. The molecule has 0 bridgehead atoms. The number of nitrogens with zero attached hydrogens (tertiary/aromatic N) is 2. The predicted molar refractivity (Wildman–Crippen MR) is 89.2 cm³/mol. The van der Waals surface area contributed by atoms with E-state index in [1.807, 2.05) is 13.8 Å². The van der Waals surface area contributed by atoms with Crippen LogP contribution in [0.5, 0.6) is 0 Å². The van der Waals surface area contributed by atoms with Crippen LogP contribution in [0.15, 0.2) is 30.6 Å². The van der Waals surface area contributed by atoms with Gasteiger partial charge in [0.25, 0.3) is 0 Å². The van der Waals surface area contributed by atoms with E-state index in [2.05, 4.69) is 14.9 Å². The van der Waals surface area contributed by atoms with Crippen molar-refractivity contribution in [2.75, 3.05) is 19.7 Å². The van der Waals surface area contributed by atoms with Gasteiger partial charge in [-0.2, -0.15) is 0 Å². The number of hydrogen-bond acceptors (Lipinski definition) is 4. The Morgan fingerprint density at radius 1 is 1.38 bits per heavy atom. The lowest BCUT2D eigenvalue weighted by molar-refractivity contribution is -0.0134. The molecule has 0 amide bonds. The maximum absolute atomic E-state index is 13.3. The third kappa shape index (κ3) is 3.83. The number of rotatable bonds is 6. The van der Waals surface area contributed by atoms with Crippen molar-refractivity contribution in [3.05, 3.63) is 53.4 Å². The fraction of sp³-hybridized carbons (Fsp3) is 0.500. The number of hydrogen-bond donors (Lipinski definition) is 2. The highest BCUT2D eigenvalue weighted by molar-refractivity contribution is 5.32. The van der Waals surface area contributed by atoms with Crippen LogP contribution in [0.4, 0.5) is 4.39 Å². The van der Waals surface area contributed by atoms with Gasteiger partial charge in [-0.3, -0.25) is 4.90 Å². The normalized spacial score (nSPS) is 19.5. The van der Waals surface area contributed by atoms with E-state index in [1.54, 1.807) is 18.5 Å². The molecule has 5 nitrogen and oxygen atoms in total. The van der Waals surface area contributed by atoms with Crippen molar-refractivity contribution < 1.29 is 14.2 Å². The second-order valence-electron chi connectivity index (χ2n) is 6.50. The zero-order valence-corrected chi connectivity index (χ0v) is 14.1. The van der Waals surface area contributed by atoms with E-state index >= 15 is 0 Å². The first-order chi connectivity index (χ1) is 11.5. The number of benzene rings is 1. The Bertz CT molecular complexity index is 657. The van der Waals surface area contributed by atoms with Gasteiger partial charge < -0.3 is 14.8 Å². The van der Waals surface area contributed by atoms with Gasteiger partial charge in [0, 0.05) is 25.2 Å². The molecule has 3 rings (SSSR count). The summed E-state index contributed by atoms with van der Waals surface area (Å²) in [4.78, 5) is 9.83. The van der Waals surface area contributed by atoms with Gasteiger partial charge in [0.05, 0.1) is 36.9 Å². The van der Waals surface area contributed by atoms with Crippen LogP contribution in [-0.4, -0.2) is 51.9 Å². The van der Waals surface area contributed by atoms with E-state index in [0.29, 0.717) is 13.2 Å². The largest absolute Gasteiger partial charge is 0.389 e. The van der Waals surface area contributed by atoms with Crippen LogP contribution in [0, 0.1) is 5.82 Å². The molecule has 130 valence electrons. The average molecular weight is 333 g/mol. The number of imidazole rings is 1. The summed E-state index contributed by atoms with van der Waals surface area (Å²) in [5, 5.41) is 10.3. The summed E-state index contributed by atoms with van der Waals surface area (Å²) < 4.78 is 18.8. The number of nitrogens with one attached hydrogen (secondary N) is 1. The zero-order valence-electron chi connectivity index (χ0n) is 14.1. The molecule has 0 fully saturated rings. The van der Waals surface area contributed by atoms with Crippen LogP contribution >= 0.6 is 0 Å². The molecule has 0 aliphatic carbocycles. The van der Waals surface area contributed by atoms with Gasteiger partial charge in [0.1, 0.15) is 5.82 Å². The second kappa shape index (κ2) is 7.42. The standard InChI is InChI=1S/C18H24FN3O2/c1-12(2)24-10-15(23)9-22-8-7-16-17(21-11-20-16)18(22)13-3-5-14(19)6-4-13/h3-6,11-12,15,18,23H,7-10H2,1-2H3,(H,20,21)/t15-,18-/m1/s1. The third-order valence-corrected chi connectivity index (χ3v) is 4.28. The highest BCUT2D eigenvalue weighted by Crippen LogP contribution is 2.33. The maximum atomic E-state index is 13.3. The van der Waals surface area contributed by atoms with Gasteiger partial charge in [-0.25, -0.2) is 9.37 Å². The van der Waals surface area contributed by atoms with Gasteiger partial charge in [-0.15, -0.1) is 0 Å². The summed E-state index contributed by atoms with van der Waals surface area (Å²) in [6.07, 6.45) is 2.07. The molecule has 0 spiro atoms. The van der Waals surface area contributed by atoms with Gasteiger partial charge in [-0.1, -0.05) is 12.1 Å². The summed E-state index contributed by atoms with van der Waals surface area (Å²) in [6, 6.07) is 6.41. The van der Waals surface area contributed by atoms with E-state index in [9.17, 15) is 9.50 Å². The summed E-state index contributed by atoms with van der Waals surface area (Å²) in [5.41, 5.74) is 3.03. The van der Waals surface area contributed by atoms with Gasteiger partial charge in [-0.05, 0) is 31.5 Å². The van der Waals surface area contributed by atoms with Crippen LogP contribution in [0.25, 0.3) is 0 Å². The molecule has 0 radical (unpaired) electrons. The molecule has 1 aliphatic heterocycles. The number of aliphatic hydroxyl groups excluding tert-OH is 1. The molecule has 1 aromatic carbocycles. The summed E-state index contributed by atoms with van der Waals surface area (Å²) >= 11 is 0. The first-order valence-corrected chi connectivity index (χ1v) is 8.36. The third-order valence-electron chi connectivity index (χ3n) is 4.28. The SMILES string of the molecule is CC(C)OC[C@H](O)CN1CCc2[nH]cnc2[C@H]1c1ccc(F)cc1. The molecule has 2 heterocycles. The fourth-order valence-electron chi connectivity index (χ4n) is 3.16. The maximum Gasteiger partial charge on any atom is 0.123 e. The Labute approximate surface area is 141 Å². The Morgan fingerprint density at radius 2 is 2.12 bits per heavy atom. The molecule has 2 aromatic rings. The monoisotopic (exact) mass is 333 g/mol. The number of fused-ring (bicyclic) bond motifs is 1. The van der Waals surface area contributed by atoms with Crippen molar-refractivity contribution in [1.29, 1.82) is 0 Å². The molecule has 0 saturated heterocycles. The van der Waals surface area contributed by atoms with Crippen LogP contribution in [0.1, 0.15) is 36.8 Å². The minimum absolute atomic E-state index is 0.0886. The summed E-state index contributed by atoms with van der Waals surface area (Å²) in [5.74, 6) is -0.256. The molecule has 2 atom stereocenters. The first-order valence-electron chi connectivity index (χ1n) is 8.36. The van der Waals surface area contributed by atoms with Crippen molar-refractivity contribution in [3.8, 4) is 0 Å². The van der Waals surface area contributed by atoms with E-state index in [1.165, 1.54) is 12.1 Å². The number of halogens is 1. The number of ether oxygens (including phenoxy) is 1. The van der Waals surface area contributed by atoms with Crippen molar-refractivity contribution in [1.82, 2.24) is 14.9 Å². The van der Waals surface area contributed by atoms with Crippen molar-refractivity contribution in [3.63, 3.8) is 0 Å². The highest BCUT2D eigenvalue weighted by atomic mass is 19.1. The van der Waals surface area contributed by atoms with E-state index in [-0.39, 0.29) is 18.0 Å². The van der Waals surface area contributed by atoms with Crippen LogP contribution in [0.3, 0.4) is 0 Å². The van der Waals surface area contributed by atoms with E-state index < -0.39 is 6.10 Å². The number of aliphatic hydroxyl groups is 1. The molecule has 2 N–H and O–H groups in total. The van der Waals surface area contributed by atoms with Crippen molar-refractivity contribution >= 4 is 0 Å². The smallest absolute Gasteiger partial charge is 0.123 e. The molecule has 0 saturated carbocycles. The lowest BCUT2D eigenvalue weighted by Crippen LogP contribution is -2.42. The average Bonchev–Trinajstić information content (AvgIpc) is 3.02. The highest BCUT2D eigenvalue weighted by Gasteiger charge is 2.32. The van der Waals surface area contributed by atoms with Gasteiger partial charge in [0.15, 0.2) is 0 Å². The van der Waals surface area contributed by atoms with Crippen molar-refractivity contribution in [2.45, 2.75) is 38.5 Å². The Balaban J connectivity index is 1.81. The van der Waals surface area contributed by atoms with Crippen LogP contribution in [0.2, 0.25) is 0 Å². The number of aromatic amines is 1. The number of H-pyrrole nitrogens is 1. The minimum atomic E-state index is -0.573. The minimum Gasteiger partial charge on any atom is -0.389 e. The molecule has 1 aliphatic rings. The Morgan fingerprint density at radius 3 is 2.83 bits per heavy atom. The Hall–Kier alpha value is -1.76. The summed E-state index contributed by atoms with van der Waals surface area (Å²) in [6.45, 7) is 5.49. The quantitative estimate of drug-likeness (QED) is 0.851.